The summed E-state index contributed by atoms with van der Waals surface area (Å²) in [4.78, 5) is 19.2. The van der Waals surface area contributed by atoms with Crippen molar-refractivity contribution in [2.24, 2.45) is 57.1 Å². The molecular formula is C36H49N3O3S2. The number of hydrogen-bond acceptors (Lipinski definition) is 8. The largest absolute Gasteiger partial charge is 0.396 e. The molecule has 2 spiro atoms. The molecular weight excluding hydrogens is 587 g/mol. The highest BCUT2D eigenvalue weighted by Gasteiger charge is 2.74. The van der Waals surface area contributed by atoms with Crippen molar-refractivity contribution in [1.29, 1.82) is 0 Å². The molecule has 9 atom stereocenters. The third kappa shape index (κ3) is 4.67. The second-order valence-electron chi connectivity index (χ2n) is 14.7. The van der Waals surface area contributed by atoms with Crippen molar-refractivity contribution in [2.75, 3.05) is 31.3 Å². The zero-order valence-corrected chi connectivity index (χ0v) is 27.7. The van der Waals surface area contributed by atoms with Crippen molar-refractivity contribution < 1.29 is 15.0 Å². The third-order valence-corrected chi connectivity index (χ3v) is 15.4. The highest BCUT2D eigenvalue weighted by molar-refractivity contribution is 8.76. The van der Waals surface area contributed by atoms with Crippen LogP contribution in [-0.4, -0.2) is 58.8 Å². The number of ketones is 1. The molecule has 2 fully saturated rings. The second-order valence-corrected chi connectivity index (χ2v) is 17.3. The van der Waals surface area contributed by atoms with E-state index >= 15 is 0 Å². The zero-order valence-electron chi connectivity index (χ0n) is 26.0. The number of Topliss-reactive ketones (excluding diaryl/α,β-unsaturated/α-hetero) is 1. The molecule has 0 saturated heterocycles. The van der Waals surface area contributed by atoms with E-state index in [9.17, 15) is 15.0 Å². The Labute approximate surface area is 270 Å². The Bertz CT molecular complexity index is 1350. The van der Waals surface area contributed by atoms with Crippen molar-refractivity contribution in [2.45, 2.75) is 70.3 Å². The maximum Gasteiger partial charge on any atom is 0.189 e. The molecule has 0 radical (unpaired) electrons. The van der Waals surface area contributed by atoms with E-state index < -0.39 is 0 Å². The van der Waals surface area contributed by atoms with Crippen LogP contribution in [0.15, 0.2) is 58.6 Å². The molecule has 7 rings (SSSR count). The van der Waals surface area contributed by atoms with E-state index in [2.05, 4.69) is 59.7 Å². The fourth-order valence-electron chi connectivity index (χ4n) is 11.0. The first-order valence-electron chi connectivity index (χ1n) is 16.9. The van der Waals surface area contributed by atoms with Crippen LogP contribution in [0, 0.1) is 46.3 Å². The molecule has 2 heterocycles. The number of nitrogens with one attached hydrogen (secondary N) is 1. The molecule has 6 nitrogen and oxygen atoms in total. The SMILES string of the molecule is C[C@]12CCSSC[C@@]3(CCCC4=C5C[C@H]1C[C@@H](CO)[C@H]1[C@H](CCCO)C=C[C@H](C4=O)[C@@]512)NC(N)=NC[C@H]3Cc1ccccc1. The van der Waals surface area contributed by atoms with Crippen LogP contribution in [0.2, 0.25) is 0 Å². The van der Waals surface area contributed by atoms with Crippen LogP contribution in [0.3, 0.4) is 0 Å². The average molecular weight is 636 g/mol. The van der Waals surface area contributed by atoms with Gasteiger partial charge in [-0.25, -0.2) is 0 Å². The molecule has 238 valence electrons. The quantitative estimate of drug-likeness (QED) is 0.240. The molecule has 0 aromatic heterocycles. The molecule has 0 unspecified atom stereocenters. The number of aliphatic hydroxyl groups is 2. The van der Waals surface area contributed by atoms with Gasteiger partial charge in [0.1, 0.15) is 0 Å². The van der Waals surface area contributed by atoms with Crippen molar-refractivity contribution in [3.63, 3.8) is 0 Å². The number of nitrogens with two attached hydrogens (primary N) is 1. The molecule has 5 N–H and O–H groups in total. The van der Waals surface area contributed by atoms with Gasteiger partial charge in [-0.15, -0.1) is 0 Å². The summed E-state index contributed by atoms with van der Waals surface area (Å²) in [6, 6.07) is 10.7. The molecule has 5 bridgehead atoms. The van der Waals surface area contributed by atoms with Gasteiger partial charge in [-0.05, 0) is 98.0 Å². The first-order chi connectivity index (χ1) is 21.4. The minimum Gasteiger partial charge on any atom is -0.396 e. The Kier molecular flexibility index (Phi) is 8.51. The van der Waals surface area contributed by atoms with E-state index in [1.165, 1.54) is 11.1 Å². The van der Waals surface area contributed by atoms with E-state index in [1.807, 2.05) is 21.6 Å². The van der Waals surface area contributed by atoms with Crippen molar-refractivity contribution >= 4 is 33.3 Å². The first-order valence-corrected chi connectivity index (χ1v) is 19.4. The lowest BCUT2D eigenvalue weighted by Gasteiger charge is -2.61. The topological polar surface area (TPSA) is 108 Å². The summed E-state index contributed by atoms with van der Waals surface area (Å²) in [6.07, 6.45) is 13.1. The summed E-state index contributed by atoms with van der Waals surface area (Å²) in [5.74, 6) is 4.40. The van der Waals surface area contributed by atoms with Gasteiger partial charge in [0, 0.05) is 42.6 Å². The highest BCUT2D eigenvalue weighted by atomic mass is 33.1. The smallest absolute Gasteiger partial charge is 0.189 e. The van der Waals surface area contributed by atoms with Crippen molar-refractivity contribution in [1.82, 2.24) is 5.32 Å². The van der Waals surface area contributed by atoms with Crippen molar-refractivity contribution in [3.8, 4) is 0 Å². The number of allylic oxidation sites excluding steroid dienone is 4. The van der Waals surface area contributed by atoms with Gasteiger partial charge >= 0.3 is 0 Å². The molecule has 44 heavy (non-hydrogen) atoms. The summed E-state index contributed by atoms with van der Waals surface area (Å²) < 4.78 is 0. The number of carbonyl (C=O) groups excluding carboxylic acids is 1. The number of hydrogen-bond donors (Lipinski definition) is 4. The normalized spacial score (nSPS) is 41.5. The van der Waals surface area contributed by atoms with Gasteiger partial charge in [0.15, 0.2) is 11.7 Å². The van der Waals surface area contributed by atoms with E-state index in [0.717, 1.165) is 81.4 Å². The molecule has 0 amide bonds. The Morgan fingerprint density at radius 2 is 1.98 bits per heavy atom. The molecule has 1 aromatic rings. The maximum atomic E-state index is 14.6. The number of benzene rings is 1. The summed E-state index contributed by atoms with van der Waals surface area (Å²) in [5, 5.41) is 24.2. The van der Waals surface area contributed by atoms with Gasteiger partial charge in [-0.1, -0.05) is 76.6 Å². The number of nitrogens with zero attached hydrogens (tertiary/aromatic N) is 1. The third-order valence-electron chi connectivity index (χ3n) is 12.9. The van der Waals surface area contributed by atoms with Gasteiger partial charge in [0.2, 0.25) is 0 Å². The molecule has 2 aliphatic heterocycles. The molecule has 8 heteroatoms. The van der Waals surface area contributed by atoms with Gasteiger partial charge in [0.25, 0.3) is 0 Å². The van der Waals surface area contributed by atoms with Crippen molar-refractivity contribution in [3.05, 3.63) is 59.2 Å². The lowest BCUT2D eigenvalue weighted by atomic mass is 9.41. The summed E-state index contributed by atoms with van der Waals surface area (Å²) in [7, 11) is 3.98. The van der Waals surface area contributed by atoms with Crippen LogP contribution in [0.5, 0.6) is 0 Å². The van der Waals surface area contributed by atoms with E-state index in [0.29, 0.717) is 29.5 Å². The molecule has 6 aliphatic rings. The predicted octanol–water partition coefficient (Wildman–Crippen LogP) is 5.55. The minimum atomic E-state index is -0.197. The van der Waals surface area contributed by atoms with Gasteiger partial charge < -0.3 is 21.3 Å². The first kappa shape index (κ1) is 30.9. The summed E-state index contributed by atoms with van der Waals surface area (Å²) >= 11 is 0. The fourth-order valence-corrected chi connectivity index (χ4v) is 13.9. The molecule has 2 saturated carbocycles. The van der Waals surface area contributed by atoms with Crippen LogP contribution >= 0.6 is 21.6 Å². The average Bonchev–Trinajstić information content (AvgIpc) is 3.31. The summed E-state index contributed by atoms with van der Waals surface area (Å²) in [6.45, 7) is 3.62. The van der Waals surface area contributed by atoms with Crippen LogP contribution < -0.4 is 11.1 Å². The number of rotatable bonds is 6. The van der Waals surface area contributed by atoms with Crippen LogP contribution in [-0.2, 0) is 11.2 Å². The maximum absolute atomic E-state index is 14.6. The molecule has 1 aromatic carbocycles. The minimum absolute atomic E-state index is 0.0261. The fraction of sp³-hybridized carbons (Fsp3) is 0.667. The number of guanidine groups is 1. The Morgan fingerprint density at radius 1 is 1.14 bits per heavy atom. The lowest BCUT2D eigenvalue weighted by Crippen LogP contribution is -2.62. The van der Waals surface area contributed by atoms with Gasteiger partial charge in [-0.2, -0.15) is 0 Å². The van der Waals surface area contributed by atoms with Crippen LogP contribution in [0.1, 0.15) is 63.9 Å². The highest BCUT2D eigenvalue weighted by Crippen LogP contribution is 2.78. The number of carbonyl (C=O) groups is 1. The Hall–Kier alpha value is -1.74. The summed E-state index contributed by atoms with van der Waals surface area (Å²) in [5.41, 5.74) is 9.95. The van der Waals surface area contributed by atoms with Crippen LogP contribution in [0.4, 0.5) is 0 Å². The Morgan fingerprint density at radius 3 is 2.77 bits per heavy atom. The molecule has 4 aliphatic carbocycles. The number of aliphatic imine (C=N–C) groups is 1. The predicted molar refractivity (Wildman–Crippen MR) is 181 cm³/mol. The van der Waals surface area contributed by atoms with Crippen LogP contribution in [0.25, 0.3) is 0 Å². The van der Waals surface area contributed by atoms with E-state index in [4.69, 9.17) is 5.73 Å². The second kappa shape index (κ2) is 12.1. The standard InChI is InChI=1S/C36H49N3O3S2/c1-34-14-16-43-44-22-35(27(20-38-33(37)39-35)17-23-7-3-2-4-8-23)13-5-10-28-30-19-26(34)18-25(21-41)31-24(9-6-15-40)11-12-29(32(28)42)36(30,31)34/h2-4,7-8,11-12,24-27,29,31,40-41H,5-6,9-10,13-22H2,1H3,(H3,37,38,39)/t24-,25+,26-,27-,29-,31-,34+,35-,36-/m1/s1. The van der Waals surface area contributed by atoms with Gasteiger partial charge in [-0.3, -0.25) is 9.79 Å². The van der Waals surface area contributed by atoms with E-state index in [-0.39, 0.29) is 47.3 Å². The Balaban J connectivity index is 1.26. The van der Waals surface area contributed by atoms with Gasteiger partial charge in [0.05, 0.1) is 11.5 Å². The number of aliphatic hydroxyl groups excluding tert-OH is 2. The lowest BCUT2D eigenvalue weighted by molar-refractivity contribution is -0.140. The zero-order chi connectivity index (χ0) is 30.5. The monoisotopic (exact) mass is 635 g/mol. The van der Waals surface area contributed by atoms with E-state index in [1.54, 1.807) is 0 Å².